The van der Waals surface area contributed by atoms with Crippen LogP contribution in [0.5, 0.6) is 0 Å². The summed E-state index contributed by atoms with van der Waals surface area (Å²) < 4.78 is 7.74. The Hall–Kier alpha value is -2.51. The van der Waals surface area contributed by atoms with E-state index in [1.807, 2.05) is 41.9 Å². The largest absolute Gasteiger partial charge is 0.444 e. The fourth-order valence-corrected chi connectivity index (χ4v) is 4.15. The molecule has 5 heterocycles. The van der Waals surface area contributed by atoms with Crippen molar-refractivity contribution in [1.29, 1.82) is 0 Å². The molecular weight excluding hydrogens is 334 g/mol. The molecule has 126 valence electrons. The quantitative estimate of drug-likeness (QED) is 0.560. The first-order valence-electron chi connectivity index (χ1n) is 8.40. The number of nitrogens with zero attached hydrogens (tertiary/aromatic N) is 5. The molecule has 0 bridgehead atoms. The zero-order valence-corrected chi connectivity index (χ0v) is 14.4. The first kappa shape index (κ1) is 14.8. The lowest BCUT2D eigenvalue weighted by molar-refractivity contribution is 0.236. The average molecular weight is 351 g/mol. The zero-order chi connectivity index (χ0) is 16.6. The Labute approximate surface area is 148 Å². The molecule has 1 aliphatic heterocycles. The van der Waals surface area contributed by atoms with E-state index in [0.717, 1.165) is 48.0 Å². The fourth-order valence-electron chi connectivity index (χ4n) is 3.50. The van der Waals surface area contributed by atoms with Crippen LogP contribution in [0.25, 0.3) is 16.4 Å². The molecule has 1 fully saturated rings. The van der Waals surface area contributed by atoms with E-state index < -0.39 is 0 Å². The van der Waals surface area contributed by atoms with E-state index in [1.54, 1.807) is 17.6 Å². The van der Waals surface area contributed by atoms with Gasteiger partial charge in [0.05, 0.1) is 16.6 Å². The maximum absolute atomic E-state index is 5.65. The summed E-state index contributed by atoms with van der Waals surface area (Å²) in [5.74, 6) is 1.71. The summed E-state index contributed by atoms with van der Waals surface area (Å²) in [6.45, 7) is 1.80. The highest BCUT2D eigenvalue weighted by Crippen LogP contribution is 2.33. The molecule has 0 amide bonds. The van der Waals surface area contributed by atoms with Crippen molar-refractivity contribution in [3.63, 3.8) is 0 Å². The van der Waals surface area contributed by atoms with Gasteiger partial charge in [-0.15, -0.1) is 21.5 Å². The summed E-state index contributed by atoms with van der Waals surface area (Å²) in [5, 5.41) is 10.8. The van der Waals surface area contributed by atoms with E-state index in [4.69, 9.17) is 4.42 Å². The molecule has 1 atom stereocenters. The molecule has 0 aliphatic carbocycles. The molecule has 4 aromatic heterocycles. The van der Waals surface area contributed by atoms with Gasteiger partial charge < -0.3 is 4.42 Å². The van der Waals surface area contributed by atoms with Gasteiger partial charge in [0.1, 0.15) is 6.26 Å². The first-order valence-corrected chi connectivity index (χ1v) is 9.28. The standard InChI is InChI=1S/C18H17N5OS/c1-2-9-23-16(7-1)20-21-17(23)14-5-3-8-22(14)11-13-12-24-18(19-13)15-6-4-10-25-15/h1-2,4,6-7,9-10,12,14H,3,5,8,11H2. The molecule has 1 saturated heterocycles. The molecule has 0 N–H and O–H groups in total. The molecule has 1 unspecified atom stereocenters. The highest BCUT2D eigenvalue weighted by molar-refractivity contribution is 7.13. The maximum atomic E-state index is 5.65. The minimum absolute atomic E-state index is 0.263. The van der Waals surface area contributed by atoms with Crippen LogP contribution in [-0.2, 0) is 6.54 Å². The molecule has 4 aromatic rings. The number of aromatic nitrogens is 4. The first-order chi connectivity index (χ1) is 12.4. The highest BCUT2D eigenvalue weighted by Gasteiger charge is 2.30. The summed E-state index contributed by atoms with van der Waals surface area (Å²) in [6.07, 6.45) is 6.05. The van der Waals surface area contributed by atoms with Crippen molar-refractivity contribution in [3.8, 4) is 10.8 Å². The second kappa shape index (κ2) is 6.09. The second-order valence-corrected chi connectivity index (χ2v) is 7.18. The number of hydrogen-bond acceptors (Lipinski definition) is 6. The van der Waals surface area contributed by atoms with Gasteiger partial charge in [-0.3, -0.25) is 9.30 Å². The third-order valence-corrected chi connectivity index (χ3v) is 5.51. The van der Waals surface area contributed by atoms with E-state index in [-0.39, 0.29) is 6.04 Å². The molecule has 0 saturated carbocycles. The predicted octanol–water partition coefficient (Wildman–Crippen LogP) is 3.78. The van der Waals surface area contributed by atoms with E-state index in [0.29, 0.717) is 5.89 Å². The molecule has 25 heavy (non-hydrogen) atoms. The Kier molecular flexibility index (Phi) is 3.61. The van der Waals surface area contributed by atoms with Crippen molar-refractivity contribution < 1.29 is 4.42 Å². The van der Waals surface area contributed by atoms with E-state index in [1.165, 1.54) is 0 Å². The lowest BCUT2D eigenvalue weighted by atomic mass is 10.2. The number of pyridine rings is 1. The van der Waals surface area contributed by atoms with Gasteiger partial charge in [0.15, 0.2) is 11.5 Å². The van der Waals surface area contributed by atoms with Crippen molar-refractivity contribution in [3.05, 3.63) is 59.7 Å². The summed E-state index contributed by atoms with van der Waals surface area (Å²) >= 11 is 1.64. The molecule has 0 aromatic carbocycles. The van der Waals surface area contributed by atoms with Crippen LogP contribution in [0.3, 0.4) is 0 Å². The van der Waals surface area contributed by atoms with E-state index in [2.05, 4.69) is 24.5 Å². The normalized spacial score (nSPS) is 18.3. The minimum atomic E-state index is 0.263. The van der Waals surface area contributed by atoms with Crippen LogP contribution >= 0.6 is 11.3 Å². The molecule has 0 radical (unpaired) electrons. The van der Waals surface area contributed by atoms with Crippen LogP contribution in [0.1, 0.15) is 30.4 Å². The van der Waals surface area contributed by atoms with Gasteiger partial charge in [-0.2, -0.15) is 0 Å². The number of oxazole rings is 1. The number of fused-ring (bicyclic) bond motifs is 1. The van der Waals surface area contributed by atoms with Gasteiger partial charge in [-0.25, -0.2) is 4.98 Å². The predicted molar refractivity (Wildman–Crippen MR) is 95.2 cm³/mol. The maximum Gasteiger partial charge on any atom is 0.236 e. The van der Waals surface area contributed by atoms with Crippen LogP contribution in [0, 0.1) is 0 Å². The monoisotopic (exact) mass is 351 g/mol. The topological polar surface area (TPSA) is 59.5 Å². The summed E-state index contributed by atoms with van der Waals surface area (Å²) in [5.41, 5.74) is 1.86. The number of likely N-dealkylation sites (tertiary alicyclic amines) is 1. The highest BCUT2D eigenvalue weighted by atomic mass is 32.1. The van der Waals surface area contributed by atoms with E-state index in [9.17, 15) is 0 Å². The third kappa shape index (κ3) is 2.65. The van der Waals surface area contributed by atoms with Crippen LogP contribution in [0.4, 0.5) is 0 Å². The van der Waals surface area contributed by atoms with E-state index >= 15 is 0 Å². The van der Waals surface area contributed by atoms with Gasteiger partial charge >= 0.3 is 0 Å². The average Bonchev–Trinajstić information content (AvgIpc) is 3.42. The van der Waals surface area contributed by atoms with Crippen molar-refractivity contribution in [2.75, 3.05) is 6.54 Å². The minimum Gasteiger partial charge on any atom is -0.444 e. The van der Waals surface area contributed by atoms with Gasteiger partial charge in [0.25, 0.3) is 0 Å². The SMILES string of the molecule is c1csc(-c2nc(CN3CCCC3c3nnc4ccccn34)co2)c1. The second-order valence-electron chi connectivity index (χ2n) is 6.24. The number of hydrogen-bond donors (Lipinski definition) is 0. The Balaban J connectivity index is 1.40. The summed E-state index contributed by atoms with van der Waals surface area (Å²) in [7, 11) is 0. The Morgan fingerprint density at radius 2 is 2.20 bits per heavy atom. The van der Waals surface area contributed by atoms with Gasteiger partial charge in [0, 0.05) is 12.7 Å². The molecule has 1 aliphatic rings. The zero-order valence-electron chi connectivity index (χ0n) is 13.6. The lowest BCUT2D eigenvalue weighted by Crippen LogP contribution is -2.24. The van der Waals surface area contributed by atoms with Crippen LogP contribution < -0.4 is 0 Å². The van der Waals surface area contributed by atoms with Crippen molar-refractivity contribution in [2.45, 2.75) is 25.4 Å². The molecule has 6 nitrogen and oxygen atoms in total. The van der Waals surface area contributed by atoms with Crippen LogP contribution in [0.15, 0.2) is 52.6 Å². The Morgan fingerprint density at radius 3 is 3.12 bits per heavy atom. The Morgan fingerprint density at radius 1 is 1.20 bits per heavy atom. The number of rotatable bonds is 4. The molecule has 7 heteroatoms. The fraction of sp³-hybridized carbons (Fsp3) is 0.278. The van der Waals surface area contributed by atoms with Crippen LogP contribution in [-0.4, -0.2) is 31.0 Å². The summed E-state index contributed by atoms with van der Waals surface area (Å²) in [4.78, 5) is 8.13. The summed E-state index contributed by atoms with van der Waals surface area (Å²) in [6, 6.07) is 10.3. The number of thiophene rings is 1. The van der Waals surface area contributed by atoms with Gasteiger partial charge in [-0.1, -0.05) is 12.1 Å². The third-order valence-electron chi connectivity index (χ3n) is 4.65. The Bertz CT molecular complexity index is 990. The molecular formula is C18H17N5OS. The van der Waals surface area contributed by atoms with Crippen LogP contribution in [0.2, 0.25) is 0 Å². The van der Waals surface area contributed by atoms with Crippen molar-refractivity contribution in [2.24, 2.45) is 0 Å². The van der Waals surface area contributed by atoms with Gasteiger partial charge in [0.2, 0.25) is 5.89 Å². The molecule has 5 rings (SSSR count). The molecule has 0 spiro atoms. The smallest absolute Gasteiger partial charge is 0.236 e. The van der Waals surface area contributed by atoms with Crippen molar-refractivity contribution >= 4 is 17.0 Å². The lowest BCUT2D eigenvalue weighted by Gasteiger charge is -2.21. The van der Waals surface area contributed by atoms with Crippen molar-refractivity contribution in [1.82, 2.24) is 24.5 Å². The van der Waals surface area contributed by atoms with Gasteiger partial charge in [-0.05, 0) is 43.0 Å².